The molecule has 4 nitrogen and oxygen atoms in total. The van der Waals surface area contributed by atoms with Crippen molar-refractivity contribution in [1.82, 2.24) is 4.90 Å². The number of hydrogen-bond acceptors (Lipinski definition) is 4. The van der Waals surface area contributed by atoms with Crippen LogP contribution in [0.5, 0.6) is 0 Å². The number of nitrogen functional groups attached to an aromatic ring is 1. The SMILES string of the molecule is Nc1cc(Cl)ccc1SCC(=O)N1CCCC1=O. The molecule has 1 aromatic rings. The van der Waals surface area contributed by atoms with Crippen LogP contribution in [0.15, 0.2) is 23.1 Å². The van der Waals surface area contributed by atoms with Gasteiger partial charge in [-0.25, -0.2) is 0 Å². The van der Waals surface area contributed by atoms with Crippen LogP contribution in [0.25, 0.3) is 0 Å². The van der Waals surface area contributed by atoms with Gasteiger partial charge >= 0.3 is 0 Å². The van der Waals surface area contributed by atoms with Crippen LogP contribution in [0.4, 0.5) is 5.69 Å². The summed E-state index contributed by atoms with van der Waals surface area (Å²) in [6, 6.07) is 5.16. The molecule has 0 atom stereocenters. The van der Waals surface area contributed by atoms with Gasteiger partial charge in [0.15, 0.2) is 0 Å². The third-order valence-electron chi connectivity index (χ3n) is 2.70. The number of carbonyl (C=O) groups is 2. The fourth-order valence-electron chi connectivity index (χ4n) is 1.78. The number of rotatable bonds is 3. The maximum Gasteiger partial charge on any atom is 0.239 e. The zero-order valence-corrected chi connectivity index (χ0v) is 11.3. The molecule has 1 fully saturated rings. The highest BCUT2D eigenvalue weighted by Crippen LogP contribution is 2.28. The number of amides is 2. The standard InChI is InChI=1S/C12H13ClN2O2S/c13-8-3-4-10(9(14)6-8)18-7-12(17)15-5-1-2-11(15)16/h3-4,6H,1-2,5,7,14H2. The number of carbonyl (C=O) groups excluding carboxylic acids is 2. The van der Waals surface area contributed by atoms with E-state index in [0.717, 1.165) is 11.3 Å². The number of anilines is 1. The number of thioether (sulfide) groups is 1. The normalized spacial score (nSPS) is 15.2. The first-order valence-corrected chi connectivity index (χ1v) is 6.95. The van der Waals surface area contributed by atoms with Crippen LogP contribution in [0, 0.1) is 0 Å². The number of likely N-dealkylation sites (tertiary alicyclic amines) is 1. The molecule has 0 bridgehead atoms. The topological polar surface area (TPSA) is 63.4 Å². The van der Waals surface area contributed by atoms with E-state index in [0.29, 0.717) is 23.7 Å². The van der Waals surface area contributed by atoms with E-state index in [1.165, 1.54) is 16.7 Å². The van der Waals surface area contributed by atoms with Crippen molar-refractivity contribution in [3.8, 4) is 0 Å². The molecule has 1 aliphatic rings. The molecule has 2 N–H and O–H groups in total. The molecule has 0 radical (unpaired) electrons. The number of imide groups is 1. The molecule has 2 amide bonds. The number of nitrogens with two attached hydrogens (primary N) is 1. The number of halogens is 1. The highest BCUT2D eigenvalue weighted by Gasteiger charge is 2.26. The zero-order chi connectivity index (χ0) is 13.1. The Balaban J connectivity index is 1.95. The van der Waals surface area contributed by atoms with Crippen molar-refractivity contribution in [2.24, 2.45) is 0 Å². The molecule has 0 aliphatic carbocycles. The van der Waals surface area contributed by atoms with Gasteiger partial charge in [0, 0.05) is 28.6 Å². The Bertz CT molecular complexity index is 493. The molecular weight excluding hydrogens is 272 g/mol. The summed E-state index contributed by atoms with van der Waals surface area (Å²) in [4.78, 5) is 25.3. The number of hydrogen-bond donors (Lipinski definition) is 1. The predicted octanol–water partition coefficient (Wildman–Crippen LogP) is 2.16. The average Bonchev–Trinajstić information content (AvgIpc) is 2.74. The van der Waals surface area contributed by atoms with E-state index in [2.05, 4.69) is 0 Å². The Morgan fingerprint density at radius 2 is 2.28 bits per heavy atom. The third kappa shape index (κ3) is 2.97. The van der Waals surface area contributed by atoms with Crippen LogP contribution in [-0.2, 0) is 9.59 Å². The quantitative estimate of drug-likeness (QED) is 0.682. The summed E-state index contributed by atoms with van der Waals surface area (Å²) in [6.45, 7) is 0.536. The number of benzene rings is 1. The summed E-state index contributed by atoms with van der Waals surface area (Å²) < 4.78 is 0. The van der Waals surface area contributed by atoms with Gasteiger partial charge in [0.25, 0.3) is 0 Å². The maximum atomic E-state index is 11.8. The highest BCUT2D eigenvalue weighted by molar-refractivity contribution is 8.00. The lowest BCUT2D eigenvalue weighted by Crippen LogP contribution is -2.33. The molecule has 0 spiro atoms. The third-order valence-corrected chi connectivity index (χ3v) is 4.01. The highest BCUT2D eigenvalue weighted by atomic mass is 35.5. The minimum Gasteiger partial charge on any atom is -0.398 e. The Morgan fingerprint density at radius 1 is 1.50 bits per heavy atom. The summed E-state index contributed by atoms with van der Waals surface area (Å²) in [5, 5.41) is 0.567. The largest absolute Gasteiger partial charge is 0.398 e. The molecule has 1 saturated heterocycles. The smallest absolute Gasteiger partial charge is 0.239 e. The lowest BCUT2D eigenvalue weighted by molar-refractivity contribution is -0.140. The van der Waals surface area contributed by atoms with E-state index < -0.39 is 0 Å². The van der Waals surface area contributed by atoms with E-state index in [-0.39, 0.29) is 17.6 Å². The fourth-order valence-corrected chi connectivity index (χ4v) is 2.79. The predicted molar refractivity (Wildman–Crippen MR) is 72.5 cm³/mol. The molecule has 6 heteroatoms. The molecule has 1 aromatic carbocycles. The van der Waals surface area contributed by atoms with Gasteiger partial charge in [-0.2, -0.15) is 0 Å². The van der Waals surface area contributed by atoms with E-state index >= 15 is 0 Å². The van der Waals surface area contributed by atoms with E-state index in [1.54, 1.807) is 18.2 Å². The number of nitrogens with zero attached hydrogens (tertiary/aromatic N) is 1. The lowest BCUT2D eigenvalue weighted by Gasteiger charge is -2.13. The second-order valence-electron chi connectivity index (χ2n) is 4.01. The Hall–Kier alpha value is -1.20. The van der Waals surface area contributed by atoms with Crippen molar-refractivity contribution in [3.63, 3.8) is 0 Å². The van der Waals surface area contributed by atoms with Crippen molar-refractivity contribution in [3.05, 3.63) is 23.2 Å². The minimum atomic E-state index is -0.156. The van der Waals surface area contributed by atoms with Gasteiger partial charge in [-0.1, -0.05) is 11.6 Å². The van der Waals surface area contributed by atoms with Gasteiger partial charge in [0.05, 0.1) is 5.75 Å². The summed E-state index contributed by atoms with van der Waals surface area (Å²) in [7, 11) is 0. The van der Waals surface area contributed by atoms with Gasteiger partial charge < -0.3 is 5.73 Å². The van der Waals surface area contributed by atoms with Crippen LogP contribution < -0.4 is 5.73 Å². The summed E-state index contributed by atoms with van der Waals surface area (Å²) >= 11 is 7.12. The van der Waals surface area contributed by atoms with Gasteiger partial charge in [-0.3, -0.25) is 14.5 Å². The second kappa shape index (κ2) is 5.63. The Kier molecular flexibility index (Phi) is 4.14. The Labute approximate surface area is 114 Å². The van der Waals surface area contributed by atoms with Crippen molar-refractivity contribution in [1.29, 1.82) is 0 Å². The van der Waals surface area contributed by atoms with E-state index in [4.69, 9.17) is 17.3 Å². The fraction of sp³-hybridized carbons (Fsp3) is 0.333. The Morgan fingerprint density at radius 3 is 2.89 bits per heavy atom. The average molecular weight is 285 g/mol. The summed E-state index contributed by atoms with van der Waals surface area (Å²) in [6.07, 6.45) is 1.23. The molecule has 18 heavy (non-hydrogen) atoms. The lowest BCUT2D eigenvalue weighted by atomic mass is 10.3. The molecule has 2 rings (SSSR count). The second-order valence-corrected chi connectivity index (χ2v) is 5.47. The van der Waals surface area contributed by atoms with Crippen molar-refractivity contribution >= 4 is 40.9 Å². The first kappa shape index (κ1) is 13.2. The first-order valence-electron chi connectivity index (χ1n) is 5.59. The monoisotopic (exact) mass is 284 g/mol. The van der Waals surface area contributed by atoms with Crippen LogP contribution in [0.2, 0.25) is 5.02 Å². The van der Waals surface area contributed by atoms with Crippen LogP contribution >= 0.6 is 23.4 Å². The van der Waals surface area contributed by atoms with Crippen LogP contribution in [0.1, 0.15) is 12.8 Å². The van der Waals surface area contributed by atoms with Gasteiger partial charge in [-0.15, -0.1) is 11.8 Å². The zero-order valence-electron chi connectivity index (χ0n) is 9.69. The van der Waals surface area contributed by atoms with Gasteiger partial charge in [0.2, 0.25) is 11.8 Å². The van der Waals surface area contributed by atoms with Gasteiger partial charge in [0.1, 0.15) is 0 Å². The van der Waals surface area contributed by atoms with Crippen LogP contribution in [-0.4, -0.2) is 29.0 Å². The van der Waals surface area contributed by atoms with Gasteiger partial charge in [-0.05, 0) is 24.6 Å². The summed E-state index contributed by atoms with van der Waals surface area (Å²) in [5.74, 6) is -0.0149. The minimum absolute atomic E-state index is 0.0790. The van der Waals surface area contributed by atoms with Crippen LogP contribution in [0.3, 0.4) is 0 Å². The first-order chi connectivity index (χ1) is 8.58. The molecule has 1 heterocycles. The van der Waals surface area contributed by atoms with Crippen molar-refractivity contribution < 1.29 is 9.59 Å². The van der Waals surface area contributed by atoms with E-state index in [9.17, 15) is 9.59 Å². The van der Waals surface area contributed by atoms with E-state index in [1.807, 2.05) is 0 Å². The molecule has 0 aromatic heterocycles. The maximum absolute atomic E-state index is 11.8. The molecule has 0 unspecified atom stereocenters. The van der Waals surface area contributed by atoms with Crippen molar-refractivity contribution in [2.75, 3.05) is 18.0 Å². The summed E-state index contributed by atoms with van der Waals surface area (Å²) in [5.41, 5.74) is 6.34. The molecule has 0 saturated carbocycles. The molecule has 1 aliphatic heterocycles. The van der Waals surface area contributed by atoms with Crippen molar-refractivity contribution in [2.45, 2.75) is 17.7 Å². The molecular formula is C12H13ClN2O2S. The molecule has 96 valence electrons.